The number of likely N-dealkylation sites (tertiary alicyclic amines) is 1. The normalized spacial score (nSPS) is 39.7. The van der Waals surface area contributed by atoms with E-state index in [0.29, 0.717) is 0 Å². The lowest BCUT2D eigenvalue weighted by Gasteiger charge is -2.42. The zero-order valence-corrected chi connectivity index (χ0v) is 14.5. The van der Waals surface area contributed by atoms with E-state index in [1.165, 1.54) is 58.2 Å². The molecule has 0 bridgehead atoms. The fourth-order valence-electron chi connectivity index (χ4n) is 5.66. The van der Waals surface area contributed by atoms with E-state index in [2.05, 4.69) is 18.7 Å². The Kier molecular flexibility index (Phi) is 5.65. The van der Waals surface area contributed by atoms with Crippen molar-refractivity contribution >= 4 is 0 Å². The highest BCUT2D eigenvalue weighted by molar-refractivity contribution is 4.86. The molecule has 5 atom stereocenters. The first-order valence-corrected chi connectivity index (χ1v) is 9.93. The molecule has 0 aromatic carbocycles. The number of piperidine rings is 1. The third kappa shape index (κ3) is 4.47. The van der Waals surface area contributed by atoms with Gasteiger partial charge < -0.3 is 4.90 Å². The minimum Gasteiger partial charge on any atom is -0.303 e. The smallest absolute Gasteiger partial charge is 0.000712 e. The topological polar surface area (TPSA) is 3.24 Å². The van der Waals surface area contributed by atoms with E-state index in [4.69, 9.17) is 0 Å². The van der Waals surface area contributed by atoms with E-state index < -0.39 is 0 Å². The molecule has 1 nitrogen and oxygen atoms in total. The van der Waals surface area contributed by atoms with Crippen LogP contribution in [0.3, 0.4) is 0 Å². The van der Waals surface area contributed by atoms with E-state index in [9.17, 15) is 0 Å². The van der Waals surface area contributed by atoms with Crippen LogP contribution in [0.2, 0.25) is 0 Å². The quantitative estimate of drug-likeness (QED) is 0.675. The maximum atomic E-state index is 2.74. The molecule has 1 heteroatoms. The van der Waals surface area contributed by atoms with Crippen molar-refractivity contribution < 1.29 is 0 Å². The zero-order valence-electron chi connectivity index (χ0n) is 14.5. The number of hydrogen-bond acceptors (Lipinski definition) is 1. The summed E-state index contributed by atoms with van der Waals surface area (Å²) in [7, 11) is 0. The summed E-state index contributed by atoms with van der Waals surface area (Å²) in [6, 6.07) is 0. The summed E-state index contributed by atoms with van der Waals surface area (Å²) in [5.41, 5.74) is 0. The summed E-state index contributed by atoms with van der Waals surface area (Å²) in [4.78, 5) is 2.74. The number of hydrogen-bond donors (Lipinski definition) is 0. The van der Waals surface area contributed by atoms with Gasteiger partial charge >= 0.3 is 0 Å². The second-order valence-corrected chi connectivity index (χ2v) is 8.82. The molecular weight excluding hydrogens is 254 g/mol. The molecule has 3 rings (SSSR count). The molecule has 5 unspecified atom stereocenters. The highest BCUT2D eigenvalue weighted by Gasteiger charge is 2.34. The van der Waals surface area contributed by atoms with E-state index in [-0.39, 0.29) is 0 Å². The second kappa shape index (κ2) is 7.49. The molecule has 0 amide bonds. The van der Waals surface area contributed by atoms with Crippen LogP contribution in [-0.2, 0) is 0 Å². The van der Waals surface area contributed by atoms with Crippen LogP contribution >= 0.6 is 0 Å². The molecule has 0 radical (unpaired) electrons. The van der Waals surface area contributed by atoms with Crippen molar-refractivity contribution in [2.24, 2.45) is 29.6 Å². The van der Waals surface area contributed by atoms with Gasteiger partial charge in [-0.05, 0) is 87.6 Å². The van der Waals surface area contributed by atoms with Gasteiger partial charge in [-0.2, -0.15) is 0 Å². The lowest BCUT2D eigenvalue weighted by atomic mass is 9.64. The number of nitrogens with zero attached hydrogens (tertiary/aromatic N) is 1. The first-order valence-electron chi connectivity index (χ1n) is 9.93. The third-order valence-electron chi connectivity index (χ3n) is 6.74. The Morgan fingerprint density at radius 1 is 0.905 bits per heavy atom. The van der Waals surface area contributed by atoms with Gasteiger partial charge in [0.2, 0.25) is 0 Å². The van der Waals surface area contributed by atoms with Crippen molar-refractivity contribution in [2.75, 3.05) is 19.6 Å². The standard InChI is InChI=1S/C20H37N/c1-16-6-8-20-14-18(7-9-19(20)13-16)12-17(2)15-21-10-4-3-5-11-21/h16-20H,3-15H2,1-2H3. The SMILES string of the molecule is CC1CCC2CC(CC(C)CN3CCCCC3)CCC2C1. The molecule has 0 aromatic rings. The van der Waals surface area contributed by atoms with Gasteiger partial charge in [0.15, 0.2) is 0 Å². The molecular formula is C20H37N. The van der Waals surface area contributed by atoms with Crippen LogP contribution in [0.15, 0.2) is 0 Å². The number of rotatable bonds is 4. The predicted molar refractivity (Wildman–Crippen MR) is 91.4 cm³/mol. The molecule has 1 saturated heterocycles. The molecule has 0 spiro atoms. The summed E-state index contributed by atoms with van der Waals surface area (Å²) in [6.07, 6.45) is 15.1. The van der Waals surface area contributed by atoms with Crippen LogP contribution in [0.1, 0.15) is 78.1 Å². The molecule has 21 heavy (non-hydrogen) atoms. The Bertz CT molecular complexity index is 307. The van der Waals surface area contributed by atoms with Gasteiger partial charge in [-0.1, -0.05) is 33.1 Å². The third-order valence-corrected chi connectivity index (χ3v) is 6.74. The molecule has 1 heterocycles. The molecule has 0 N–H and O–H groups in total. The van der Waals surface area contributed by atoms with Crippen molar-refractivity contribution in [3.05, 3.63) is 0 Å². The molecule has 3 aliphatic rings. The van der Waals surface area contributed by atoms with Crippen LogP contribution in [0.4, 0.5) is 0 Å². The second-order valence-electron chi connectivity index (χ2n) is 8.82. The minimum absolute atomic E-state index is 0.923. The molecule has 0 aromatic heterocycles. The molecule has 122 valence electrons. The summed E-state index contributed by atoms with van der Waals surface area (Å²) in [5, 5.41) is 0. The molecule has 2 aliphatic carbocycles. The van der Waals surface area contributed by atoms with E-state index in [1.54, 1.807) is 25.7 Å². The van der Waals surface area contributed by atoms with Crippen molar-refractivity contribution in [2.45, 2.75) is 78.1 Å². The predicted octanol–water partition coefficient (Wildman–Crippen LogP) is 5.35. The van der Waals surface area contributed by atoms with E-state index in [0.717, 1.165) is 29.6 Å². The fourth-order valence-corrected chi connectivity index (χ4v) is 5.66. The Morgan fingerprint density at radius 3 is 2.43 bits per heavy atom. The van der Waals surface area contributed by atoms with Crippen molar-refractivity contribution in [3.8, 4) is 0 Å². The van der Waals surface area contributed by atoms with Gasteiger partial charge in [0, 0.05) is 6.54 Å². The number of fused-ring (bicyclic) bond motifs is 1. The highest BCUT2D eigenvalue weighted by Crippen LogP contribution is 2.45. The van der Waals surface area contributed by atoms with Gasteiger partial charge in [0.25, 0.3) is 0 Å². The maximum absolute atomic E-state index is 2.74. The largest absolute Gasteiger partial charge is 0.303 e. The Morgan fingerprint density at radius 2 is 1.62 bits per heavy atom. The molecule has 2 saturated carbocycles. The Labute approximate surface area is 132 Å². The van der Waals surface area contributed by atoms with E-state index >= 15 is 0 Å². The van der Waals surface area contributed by atoms with Gasteiger partial charge in [-0.25, -0.2) is 0 Å². The van der Waals surface area contributed by atoms with Gasteiger partial charge in [-0.3, -0.25) is 0 Å². The van der Waals surface area contributed by atoms with Crippen LogP contribution in [0, 0.1) is 29.6 Å². The van der Waals surface area contributed by atoms with Crippen LogP contribution < -0.4 is 0 Å². The Hall–Kier alpha value is -0.0400. The molecule has 3 fully saturated rings. The van der Waals surface area contributed by atoms with Gasteiger partial charge in [-0.15, -0.1) is 0 Å². The molecule has 1 aliphatic heterocycles. The van der Waals surface area contributed by atoms with Crippen molar-refractivity contribution in [3.63, 3.8) is 0 Å². The summed E-state index contributed by atoms with van der Waals surface area (Å²) in [6.45, 7) is 9.11. The summed E-state index contributed by atoms with van der Waals surface area (Å²) in [5.74, 6) is 5.19. The lowest BCUT2D eigenvalue weighted by Crippen LogP contribution is -2.35. The average Bonchev–Trinajstić information content (AvgIpc) is 2.48. The van der Waals surface area contributed by atoms with Crippen molar-refractivity contribution in [1.82, 2.24) is 4.90 Å². The first-order chi connectivity index (χ1) is 10.2. The highest BCUT2D eigenvalue weighted by atomic mass is 15.1. The van der Waals surface area contributed by atoms with Gasteiger partial charge in [0.1, 0.15) is 0 Å². The Balaban J connectivity index is 1.41. The van der Waals surface area contributed by atoms with Crippen LogP contribution in [-0.4, -0.2) is 24.5 Å². The fraction of sp³-hybridized carbons (Fsp3) is 1.00. The van der Waals surface area contributed by atoms with E-state index in [1.807, 2.05) is 0 Å². The average molecular weight is 292 g/mol. The summed E-state index contributed by atoms with van der Waals surface area (Å²) < 4.78 is 0. The maximum Gasteiger partial charge on any atom is 0.000712 e. The zero-order chi connectivity index (χ0) is 14.7. The first kappa shape index (κ1) is 15.8. The summed E-state index contributed by atoms with van der Waals surface area (Å²) >= 11 is 0. The van der Waals surface area contributed by atoms with Crippen LogP contribution in [0.5, 0.6) is 0 Å². The van der Waals surface area contributed by atoms with Crippen LogP contribution in [0.25, 0.3) is 0 Å². The lowest BCUT2D eigenvalue weighted by molar-refractivity contribution is 0.0893. The van der Waals surface area contributed by atoms with Crippen molar-refractivity contribution in [1.29, 1.82) is 0 Å². The van der Waals surface area contributed by atoms with Gasteiger partial charge in [0.05, 0.1) is 0 Å². The minimum atomic E-state index is 0.923. The monoisotopic (exact) mass is 291 g/mol.